The lowest BCUT2D eigenvalue weighted by atomic mass is 10.1. The zero-order valence-electron chi connectivity index (χ0n) is 11.5. The number of nitrogens with two attached hydrogens (primary N) is 1. The van der Waals surface area contributed by atoms with Crippen LogP contribution in [0.2, 0.25) is 0 Å². The van der Waals surface area contributed by atoms with Crippen molar-refractivity contribution in [2.45, 2.75) is 26.4 Å². The van der Waals surface area contributed by atoms with Gasteiger partial charge in [0.2, 0.25) is 5.91 Å². The first-order valence-electron chi connectivity index (χ1n) is 6.16. The monoisotopic (exact) mass is 264 g/mol. The van der Waals surface area contributed by atoms with E-state index in [-0.39, 0.29) is 12.5 Å². The minimum atomic E-state index is -0.946. The molecule has 0 saturated heterocycles. The number of likely N-dealkylation sites (N-methyl/N-ethyl adjacent to an activating group) is 1. The average molecular weight is 264 g/mol. The number of rotatable bonds is 5. The maximum absolute atomic E-state index is 12.2. The molecule has 5 heteroatoms. The van der Waals surface area contributed by atoms with E-state index in [2.05, 4.69) is 0 Å². The first kappa shape index (κ1) is 15.2. The second-order valence-corrected chi connectivity index (χ2v) is 5.07. The minimum absolute atomic E-state index is 0.180. The molecular formula is C14H20N2O3. The molecule has 0 atom stereocenters. The van der Waals surface area contributed by atoms with Crippen LogP contribution in [-0.4, -0.2) is 40.5 Å². The summed E-state index contributed by atoms with van der Waals surface area (Å²) >= 11 is 0. The number of hydrogen-bond donors (Lipinski definition) is 2. The Hall–Kier alpha value is -1.88. The molecule has 1 aromatic rings. The van der Waals surface area contributed by atoms with Crippen molar-refractivity contribution < 1.29 is 14.7 Å². The van der Waals surface area contributed by atoms with Crippen LogP contribution in [0.15, 0.2) is 24.3 Å². The molecule has 0 heterocycles. The summed E-state index contributed by atoms with van der Waals surface area (Å²) < 4.78 is 0. The largest absolute Gasteiger partial charge is 0.389 e. The molecule has 0 aliphatic heterocycles. The number of hydrogen-bond acceptors (Lipinski definition) is 3. The Bertz CT molecular complexity index is 461. The molecule has 1 aromatic carbocycles. The van der Waals surface area contributed by atoms with Gasteiger partial charge in [0.15, 0.2) is 0 Å². The maximum Gasteiger partial charge on any atom is 0.253 e. The van der Waals surface area contributed by atoms with E-state index < -0.39 is 11.5 Å². The first-order chi connectivity index (χ1) is 8.74. The molecular weight excluding hydrogens is 244 g/mol. The third-order valence-electron chi connectivity index (χ3n) is 2.66. The van der Waals surface area contributed by atoms with E-state index in [0.717, 1.165) is 0 Å². The fourth-order valence-electron chi connectivity index (χ4n) is 1.75. The van der Waals surface area contributed by atoms with E-state index in [1.165, 1.54) is 12.1 Å². The number of primary amides is 1. The van der Waals surface area contributed by atoms with Crippen molar-refractivity contribution in [1.29, 1.82) is 0 Å². The van der Waals surface area contributed by atoms with E-state index in [1.807, 2.05) is 6.92 Å². The van der Waals surface area contributed by atoms with Gasteiger partial charge < -0.3 is 15.7 Å². The fraction of sp³-hybridized carbons (Fsp3) is 0.429. The van der Waals surface area contributed by atoms with Gasteiger partial charge in [-0.15, -0.1) is 0 Å². The van der Waals surface area contributed by atoms with Gasteiger partial charge in [-0.1, -0.05) is 0 Å². The maximum atomic E-state index is 12.2. The molecule has 0 bridgehead atoms. The fourth-order valence-corrected chi connectivity index (χ4v) is 1.75. The van der Waals surface area contributed by atoms with Gasteiger partial charge in [0.1, 0.15) is 0 Å². The lowest BCUT2D eigenvalue weighted by Crippen LogP contribution is -2.42. The minimum Gasteiger partial charge on any atom is -0.389 e. The molecule has 1 rings (SSSR count). The second-order valence-electron chi connectivity index (χ2n) is 5.07. The summed E-state index contributed by atoms with van der Waals surface area (Å²) in [5, 5.41) is 9.78. The molecule has 0 aliphatic carbocycles. The highest BCUT2D eigenvalue weighted by atomic mass is 16.3. The van der Waals surface area contributed by atoms with Crippen molar-refractivity contribution >= 4 is 11.8 Å². The Labute approximate surface area is 113 Å². The Morgan fingerprint density at radius 3 is 2.05 bits per heavy atom. The van der Waals surface area contributed by atoms with Gasteiger partial charge in [-0.25, -0.2) is 0 Å². The SMILES string of the molecule is CCN(CC(C)(C)O)C(=O)c1ccc(C(N)=O)cc1. The van der Waals surface area contributed by atoms with Gasteiger partial charge in [-0.2, -0.15) is 0 Å². The van der Waals surface area contributed by atoms with E-state index in [1.54, 1.807) is 30.9 Å². The van der Waals surface area contributed by atoms with Crippen LogP contribution >= 0.6 is 0 Å². The molecule has 2 amide bonds. The van der Waals surface area contributed by atoms with Gasteiger partial charge in [0.05, 0.1) is 5.60 Å². The number of carbonyl (C=O) groups excluding carboxylic acids is 2. The second kappa shape index (κ2) is 5.84. The number of aliphatic hydroxyl groups is 1. The van der Waals surface area contributed by atoms with Crippen molar-refractivity contribution in [1.82, 2.24) is 4.90 Å². The topological polar surface area (TPSA) is 83.6 Å². The number of carbonyl (C=O) groups is 2. The zero-order valence-corrected chi connectivity index (χ0v) is 11.5. The van der Waals surface area contributed by atoms with Crippen LogP contribution in [0.1, 0.15) is 41.5 Å². The summed E-state index contributed by atoms with van der Waals surface area (Å²) in [5.74, 6) is -0.705. The molecule has 104 valence electrons. The Balaban J connectivity index is 2.88. The van der Waals surface area contributed by atoms with Gasteiger partial charge >= 0.3 is 0 Å². The summed E-state index contributed by atoms with van der Waals surface area (Å²) in [5.41, 5.74) is 5.03. The molecule has 0 radical (unpaired) electrons. The van der Waals surface area contributed by atoms with Crippen LogP contribution in [-0.2, 0) is 0 Å². The molecule has 5 nitrogen and oxygen atoms in total. The number of nitrogens with zero attached hydrogens (tertiary/aromatic N) is 1. The molecule has 0 unspecified atom stereocenters. The van der Waals surface area contributed by atoms with Crippen LogP contribution in [0.3, 0.4) is 0 Å². The lowest BCUT2D eigenvalue weighted by Gasteiger charge is -2.28. The van der Waals surface area contributed by atoms with Gasteiger partial charge in [-0.3, -0.25) is 9.59 Å². The molecule has 0 fully saturated rings. The van der Waals surface area contributed by atoms with E-state index in [0.29, 0.717) is 17.7 Å². The van der Waals surface area contributed by atoms with Crippen molar-refractivity contribution in [2.24, 2.45) is 5.73 Å². The summed E-state index contributed by atoms with van der Waals surface area (Å²) in [6.45, 7) is 5.90. The quantitative estimate of drug-likeness (QED) is 0.832. The zero-order chi connectivity index (χ0) is 14.6. The van der Waals surface area contributed by atoms with Gasteiger partial charge in [0, 0.05) is 24.2 Å². The third kappa shape index (κ3) is 4.37. The molecule has 0 aromatic heterocycles. The predicted molar refractivity (Wildman–Crippen MR) is 72.8 cm³/mol. The van der Waals surface area contributed by atoms with Gasteiger partial charge in [0.25, 0.3) is 5.91 Å². The predicted octanol–water partition coefficient (Wildman–Crippen LogP) is 1.02. The third-order valence-corrected chi connectivity index (χ3v) is 2.66. The molecule has 3 N–H and O–H groups in total. The highest BCUT2D eigenvalue weighted by molar-refractivity contribution is 5.97. The normalized spacial score (nSPS) is 11.2. The first-order valence-corrected chi connectivity index (χ1v) is 6.16. The Kier molecular flexibility index (Phi) is 4.67. The average Bonchev–Trinajstić information content (AvgIpc) is 2.34. The smallest absolute Gasteiger partial charge is 0.253 e. The van der Waals surface area contributed by atoms with Crippen LogP contribution in [0.5, 0.6) is 0 Å². The lowest BCUT2D eigenvalue weighted by molar-refractivity contribution is 0.0314. The number of amides is 2. The van der Waals surface area contributed by atoms with Crippen molar-refractivity contribution in [3.63, 3.8) is 0 Å². The summed E-state index contributed by atoms with van der Waals surface area (Å²) in [4.78, 5) is 24.7. The highest BCUT2D eigenvalue weighted by Gasteiger charge is 2.22. The summed E-state index contributed by atoms with van der Waals surface area (Å²) in [6.07, 6.45) is 0. The van der Waals surface area contributed by atoms with Crippen LogP contribution < -0.4 is 5.73 Å². The molecule has 0 saturated carbocycles. The standard InChI is InChI=1S/C14H20N2O3/c1-4-16(9-14(2,3)19)13(18)11-7-5-10(6-8-11)12(15)17/h5-8,19H,4,9H2,1-3H3,(H2,15,17). The van der Waals surface area contributed by atoms with Crippen molar-refractivity contribution in [3.05, 3.63) is 35.4 Å². The van der Waals surface area contributed by atoms with Crippen molar-refractivity contribution in [2.75, 3.05) is 13.1 Å². The Morgan fingerprint density at radius 1 is 1.21 bits per heavy atom. The highest BCUT2D eigenvalue weighted by Crippen LogP contribution is 2.11. The van der Waals surface area contributed by atoms with Crippen LogP contribution in [0.25, 0.3) is 0 Å². The van der Waals surface area contributed by atoms with E-state index >= 15 is 0 Å². The summed E-state index contributed by atoms with van der Waals surface area (Å²) in [7, 11) is 0. The van der Waals surface area contributed by atoms with Crippen LogP contribution in [0, 0.1) is 0 Å². The number of benzene rings is 1. The van der Waals surface area contributed by atoms with E-state index in [4.69, 9.17) is 5.73 Å². The van der Waals surface area contributed by atoms with E-state index in [9.17, 15) is 14.7 Å². The summed E-state index contributed by atoms with van der Waals surface area (Å²) in [6, 6.07) is 6.17. The Morgan fingerprint density at radius 2 is 1.68 bits per heavy atom. The van der Waals surface area contributed by atoms with Gasteiger partial charge in [-0.05, 0) is 45.0 Å². The molecule has 0 spiro atoms. The molecule has 19 heavy (non-hydrogen) atoms. The van der Waals surface area contributed by atoms with Crippen LogP contribution in [0.4, 0.5) is 0 Å². The molecule has 0 aliphatic rings. The van der Waals surface area contributed by atoms with Crippen molar-refractivity contribution in [3.8, 4) is 0 Å².